The van der Waals surface area contributed by atoms with Gasteiger partial charge in [-0.05, 0) is 0 Å². The lowest BCUT2D eigenvalue weighted by Crippen LogP contribution is -2.10. The molecule has 0 aliphatic rings. The lowest BCUT2D eigenvalue weighted by Gasteiger charge is -2.00. The van der Waals surface area contributed by atoms with Crippen LogP contribution >= 0.6 is 11.3 Å². The van der Waals surface area contributed by atoms with Crippen LogP contribution in [0.3, 0.4) is 0 Å². The van der Waals surface area contributed by atoms with Gasteiger partial charge in [0.1, 0.15) is 5.01 Å². The van der Waals surface area contributed by atoms with Gasteiger partial charge < -0.3 is 5.11 Å². The summed E-state index contributed by atoms with van der Waals surface area (Å²) in [5.74, 6) is 0. The van der Waals surface area contributed by atoms with Crippen LogP contribution in [0.5, 0.6) is 0 Å². The zero-order valence-corrected chi connectivity index (χ0v) is 6.84. The summed E-state index contributed by atoms with van der Waals surface area (Å²) in [6.07, 6.45) is 1.34. The average Bonchev–Trinajstić information content (AvgIpc) is 2.34. The molecular weight excluding hydrogens is 190 g/mol. The predicted molar refractivity (Wildman–Crippen MR) is 38.6 cm³/mol. The molecule has 1 unspecified atom stereocenters. The molecule has 1 rings (SSSR count). The van der Waals surface area contributed by atoms with E-state index in [1.165, 1.54) is 11.6 Å². The fourth-order valence-corrected chi connectivity index (χ4v) is 1.83. The van der Waals surface area contributed by atoms with Gasteiger partial charge in [-0.25, -0.2) is 4.98 Å². The summed E-state index contributed by atoms with van der Waals surface area (Å²) >= 11 is 0.958. The summed E-state index contributed by atoms with van der Waals surface area (Å²) in [5.41, 5.74) is -1.91. The van der Waals surface area contributed by atoms with Crippen LogP contribution in [-0.4, -0.2) is 23.1 Å². The molecule has 1 aromatic rings. The van der Waals surface area contributed by atoms with Crippen LogP contribution in [0.2, 0.25) is 0 Å². The van der Waals surface area contributed by atoms with E-state index in [0.717, 1.165) is 11.3 Å². The number of aliphatic hydroxyl groups is 1. The molecule has 5 nitrogen and oxygen atoms in total. The second-order valence-corrected chi connectivity index (χ2v) is 4.14. The maximum atomic E-state index is 10.3. The van der Waals surface area contributed by atoms with Gasteiger partial charge in [-0.1, -0.05) is 0 Å². The first-order valence-electron chi connectivity index (χ1n) is 2.55. The fourth-order valence-electron chi connectivity index (χ4n) is 0.484. The predicted octanol–water partition coefficient (Wildman–Crippen LogP) is 0.0218. The first kappa shape index (κ1) is 8.60. The van der Waals surface area contributed by atoms with Gasteiger partial charge in [-0.3, -0.25) is 4.55 Å². The van der Waals surface area contributed by atoms with Crippen LogP contribution in [0.1, 0.15) is 10.4 Å². The molecule has 62 valence electrons. The van der Waals surface area contributed by atoms with E-state index in [1.54, 1.807) is 0 Å². The zero-order valence-electron chi connectivity index (χ0n) is 5.21. The summed E-state index contributed by atoms with van der Waals surface area (Å²) in [5, 5.41) is 10.3. The number of hydrogen-bond donors (Lipinski definition) is 2. The minimum absolute atomic E-state index is 0.0347. The molecule has 0 aliphatic heterocycles. The number of rotatable bonds is 2. The van der Waals surface area contributed by atoms with E-state index < -0.39 is 15.6 Å². The SMILES string of the molecule is O=S(=O)(O)C(O)c1nccs1. The van der Waals surface area contributed by atoms with Crippen LogP contribution in [0.15, 0.2) is 11.6 Å². The van der Waals surface area contributed by atoms with Crippen LogP contribution in [0.25, 0.3) is 0 Å². The average molecular weight is 195 g/mol. The normalized spacial score (nSPS) is 14.7. The quantitative estimate of drug-likeness (QED) is 0.649. The van der Waals surface area contributed by atoms with Crippen molar-refractivity contribution in [3.63, 3.8) is 0 Å². The first-order chi connectivity index (χ1) is 5.02. The number of aliphatic hydroxyl groups excluding tert-OH is 1. The van der Waals surface area contributed by atoms with E-state index in [1.807, 2.05) is 0 Å². The van der Waals surface area contributed by atoms with Crippen molar-refractivity contribution < 1.29 is 18.1 Å². The minimum Gasteiger partial charge on any atom is -0.370 e. The number of hydrogen-bond acceptors (Lipinski definition) is 5. The Kier molecular flexibility index (Phi) is 2.23. The minimum atomic E-state index is -4.42. The summed E-state index contributed by atoms with van der Waals surface area (Å²) in [6.45, 7) is 0. The van der Waals surface area contributed by atoms with Crippen molar-refractivity contribution in [2.75, 3.05) is 0 Å². The number of aromatic nitrogens is 1. The van der Waals surface area contributed by atoms with Crippen molar-refractivity contribution in [2.24, 2.45) is 0 Å². The topological polar surface area (TPSA) is 87.5 Å². The number of nitrogens with zero attached hydrogens (tertiary/aromatic N) is 1. The van der Waals surface area contributed by atoms with Crippen molar-refractivity contribution in [3.05, 3.63) is 16.6 Å². The Morgan fingerprint density at radius 1 is 1.64 bits per heavy atom. The molecule has 0 amide bonds. The Balaban J connectivity index is 2.97. The molecule has 1 aromatic heterocycles. The highest BCUT2D eigenvalue weighted by Crippen LogP contribution is 2.19. The van der Waals surface area contributed by atoms with E-state index in [9.17, 15) is 8.42 Å². The first-order valence-corrected chi connectivity index (χ1v) is 4.94. The highest BCUT2D eigenvalue weighted by atomic mass is 32.2. The zero-order chi connectivity index (χ0) is 8.48. The van der Waals surface area contributed by atoms with Gasteiger partial charge in [0, 0.05) is 11.6 Å². The maximum absolute atomic E-state index is 10.3. The third-order valence-electron chi connectivity index (χ3n) is 0.945. The van der Waals surface area contributed by atoms with Crippen molar-refractivity contribution in [1.82, 2.24) is 4.98 Å². The van der Waals surface area contributed by atoms with Crippen molar-refractivity contribution >= 4 is 21.5 Å². The van der Waals surface area contributed by atoms with Crippen molar-refractivity contribution in [3.8, 4) is 0 Å². The second-order valence-electron chi connectivity index (χ2n) is 1.74. The van der Waals surface area contributed by atoms with Crippen LogP contribution in [-0.2, 0) is 10.1 Å². The molecule has 0 aliphatic carbocycles. The molecule has 0 aromatic carbocycles. The highest BCUT2D eigenvalue weighted by Gasteiger charge is 2.23. The van der Waals surface area contributed by atoms with E-state index >= 15 is 0 Å². The third-order valence-corrected chi connectivity index (χ3v) is 2.71. The maximum Gasteiger partial charge on any atom is 0.298 e. The summed E-state index contributed by atoms with van der Waals surface area (Å²) < 4.78 is 29.0. The molecule has 0 spiro atoms. The molecule has 7 heteroatoms. The van der Waals surface area contributed by atoms with Crippen LogP contribution in [0, 0.1) is 0 Å². The lowest BCUT2D eigenvalue weighted by molar-refractivity contribution is 0.238. The Hall–Kier alpha value is -0.500. The van der Waals surface area contributed by atoms with E-state index in [0.29, 0.717) is 0 Å². The van der Waals surface area contributed by atoms with Gasteiger partial charge in [0.15, 0.2) is 0 Å². The summed E-state index contributed by atoms with van der Waals surface area (Å²) in [4.78, 5) is 3.51. The Labute approximate surface area is 67.1 Å². The molecule has 1 atom stereocenters. The van der Waals surface area contributed by atoms with Gasteiger partial charge in [0.25, 0.3) is 10.1 Å². The Morgan fingerprint density at radius 2 is 2.27 bits per heavy atom. The van der Waals surface area contributed by atoms with Crippen LogP contribution < -0.4 is 0 Å². The van der Waals surface area contributed by atoms with E-state index in [-0.39, 0.29) is 5.01 Å². The largest absolute Gasteiger partial charge is 0.370 e. The van der Waals surface area contributed by atoms with Gasteiger partial charge in [-0.2, -0.15) is 8.42 Å². The molecule has 0 saturated carbocycles. The molecule has 11 heavy (non-hydrogen) atoms. The summed E-state index contributed by atoms with van der Waals surface area (Å²) in [6, 6.07) is 0. The molecule has 0 bridgehead atoms. The standard InChI is InChI=1S/C4H5NO4S2/c6-4(11(7,8)9)3-5-1-2-10-3/h1-2,4,6H,(H,7,8,9). The van der Waals surface area contributed by atoms with E-state index in [2.05, 4.69) is 4.98 Å². The molecule has 2 N–H and O–H groups in total. The smallest absolute Gasteiger partial charge is 0.298 e. The molecule has 0 saturated heterocycles. The Morgan fingerprint density at radius 3 is 2.64 bits per heavy atom. The van der Waals surface area contributed by atoms with Crippen molar-refractivity contribution in [1.29, 1.82) is 0 Å². The van der Waals surface area contributed by atoms with Crippen LogP contribution in [0.4, 0.5) is 0 Å². The lowest BCUT2D eigenvalue weighted by atomic mass is 10.7. The molecular formula is C4H5NO4S2. The van der Waals surface area contributed by atoms with Gasteiger partial charge in [0.2, 0.25) is 5.44 Å². The fraction of sp³-hybridized carbons (Fsp3) is 0.250. The van der Waals surface area contributed by atoms with Crippen molar-refractivity contribution in [2.45, 2.75) is 5.44 Å². The highest BCUT2D eigenvalue weighted by molar-refractivity contribution is 7.86. The third kappa shape index (κ3) is 1.96. The second kappa shape index (κ2) is 2.86. The van der Waals surface area contributed by atoms with Gasteiger partial charge >= 0.3 is 0 Å². The van der Waals surface area contributed by atoms with Gasteiger partial charge in [0.05, 0.1) is 0 Å². The number of thiazole rings is 1. The molecule has 0 fully saturated rings. The Bertz CT molecular complexity index is 316. The molecule has 1 heterocycles. The molecule has 0 radical (unpaired) electrons. The summed E-state index contributed by atoms with van der Waals surface area (Å²) in [7, 11) is -4.42. The van der Waals surface area contributed by atoms with E-state index in [4.69, 9.17) is 9.66 Å². The van der Waals surface area contributed by atoms with Gasteiger partial charge in [-0.15, -0.1) is 11.3 Å². The monoisotopic (exact) mass is 195 g/mol.